The summed E-state index contributed by atoms with van der Waals surface area (Å²) in [7, 11) is -3.45. The van der Waals surface area contributed by atoms with Crippen LogP contribution in [0.5, 0.6) is 0 Å². The molecule has 0 radical (unpaired) electrons. The van der Waals surface area contributed by atoms with Gasteiger partial charge in [-0.15, -0.1) is 0 Å². The number of carboxylic acid groups (broad SMARTS) is 1. The fourth-order valence-corrected chi connectivity index (χ4v) is 3.27. The Balaban J connectivity index is 3.38. The molecule has 0 amide bonds. The molecule has 0 fully saturated rings. The first kappa shape index (κ1) is 18.1. The van der Waals surface area contributed by atoms with E-state index in [0.29, 0.717) is 0 Å². The van der Waals surface area contributed by atoms with Crippen LogP contribution in [0.3, 0.4) is 0 Å². The van der Waals surface area contributed by atoms with E-state index in [4.69, 9.17) is 5.11 Å². The third kappa shape index (κ3) is 3.80. The molecule has 1 aromatic rings. The first-order valence-corrected chi connectivity index (χ1v) is 7.72. The second-order valence-electron chi connectivity index (χ2n) is 4.79. The van der Waals surface area contributed by atoms with Crippen LogP contribution in [0.2, 0.25) is 0 Å². The highest BCUT2D eigenvalue weighted by molar-refractivity contribution is 7.89. The number of rotatable bonds is 6. The molecular formula is C13H16FNO6S. The number of carbonyl (C=O) groups excluding carboxylic acids is 1. The van der Waals surface area contributed by atoms with Crippen LogP contribution >= 0.6 is 0 Å². The van der Waals surface area contributed by atoms with Gasteiger partial charge in [-0.3, -0.25) is 4.79 Å². The summed E-state index contributed by atoms with van der Waals surface area (Å²) in [6.07, 6.45) is 0. The molecule has 0 heterocycles. The number of ether oxygens (including phenoxy) is 1. The van der Waals surface area contributed by atoms with Crippen molar-refractivity contribution in [3.05, 3.63) is 29.6 Å². The molecule has 0 bridgehead atoms. The van der Waals surface area contributed by atoms with E-state index in [1.54, 1.807) is 0 Å². The van der Waals surface area contributed by atoms with Crippen LogP contribution in [0.1, 0.15) is 24.2 Å². The number of sulfonamides is 1. The quantitative estimate of drug-likeness (QED) is 0.752. The zero-order chi connectivity index (χ0) is 17.1. The van der Waals surface area contributed by atoms with Crippen LogP contribution in [0.25, 0.3) is 0 Å². The van der Waals surface area contributed by atoms with Gasteiger partial charge in [-0.05, 0) is 18.1 Å². The average molecular weight is 333 g/mol. The molecule has 0 aromatic heterocycles. The first-order chi connectivity index (χ1) is 10.1. The van der Waals surface area contributed by atoms with Gasteiger partial charge in [0, 0.05) is 0 Å². The minimum Gasteiger partial charge on any atom is -0.480 e. The second-order valence-corrected chi connectivity index (χ2v) is 6.47. The van der Waals surface area contributed by atoms with E-state index in [2.05, 4.69) is 4.74 Å². The van der Waals surface area contributed by atoms with E-state index in [1.807, 2.05) is 4.72 Å². The minimum atomic E-state index is -4.43. The summed E-state index contributed by atoms with van der Waals surface area (Å²) in [6, 6.07) is 1.58. The molecule has 2 N–H and O–H groups in total. The molecule has 0 aliphatic heterocycles. The average Bonchev–Trinajstić information content (AvgIpc) is 2.43. The lowest BCUT2D eigenvalue weighted by atomic mass is 10.1. The van der Waals surface area contributed by atoms with Crippen molar-refractivity contribution in [3.63, 3.8) is 0 Å². The Kier molecular flexibility index (Phi) is 5.61. The summed E-state index contributed by atoms with van der Waals surface area (Å²) in [5.41, 5.74) is -0.773. The first-order valence-electron chi connectivity index (χ1n) is 6.23. The van der Waals surface area contributed by atoms with Gasteiger partial charge in [0.2, 0.25) is 10.0 Å². The van der Waals surface area contributed by atoms with Gasteiger partial charge in [-0.2, -0.15) is 4.72 Å². The zero-order valence-corrected chi connectivity index (χ0v) is 13.0. The lowest BCUT2D eigenvalue weighted by Gasteiger charge is -2.19. The summed E-state index contributed by atoms with van der Waals surface area (Å²) in [4.78, 5) is 22.0. The van der Waals surface area contributed by atoms with Crippen LogP contribution in [-0.2, 0) is 19.6 Å². The van der Waals surface area contributed by atoms with Gasteiger partial charge in [0.1, 0.15) is 17.4 Å². The van der Waals surface area contributed by atoms with Gasteiger partial charge in [-0.25, -0.2) is 17.6 Å². The second kappa shape index (κ2) is 6.84. The molecule has 22 heavy (non-hydrogen) atoms. The zero-order valence-electron chi connectivity index (χ0n) is 12.2. The molecule has 1 aromatic carbocycles. The number of aliphatic carboxylic acids is 1. The summed E-state index contributed by atoms with van der Waals surface area (Å²) < 4.78 is 44.7. The van der Waals surface area contributed by atoms with Crippen LogP contribution < -0.4 is 4.72 Å². The number of esters is 1. The van der Waals surface area contributed by atoms with Crippen molar-refractivity contribution in [2.75, 3.05) is 7.11 Å². The highest BCUT2D eigenvalue weighted by atomic mass is 32.2. The molecule has 0 saturated heterocycles. The molecule has 1 rings (SSSR count). The van der Waals surface area contributed by atoms with E-state index >= 15 is 0 Å². The monoisotopic (exact) mass is 333 g/mol. The van der Waals surface area contributed by atoms with Gasteiger partial charge >= 0.3 is 11.9 Å². The number of hydrogen-bond donors (Lipinski definition) is 2. The molecule has 9 heteroatoms. The van der Waals surface area contributed by atoms with Crippen molar-refractivity contribution in [1.29, 1.82) is 0 Å². The van der Waals surface area contributed by atoms with E-state index in [1.165, 1.54) is 13.8 Å². The van der Waals surface area contributed by atoms with Crippen molar-refractivity contribution in [1.82, 2.24) is 4.72 Å². The Morgan fingerprint density at radius 3 is 2.36 bits per heavy atom. The maximum atomic E-state index is 13.8. The van der Waals surface area contributed by atoms with E-state index in [9.17, 15) is 22.4 Å². The van der Waals surface area contributed by atoms with Crippen molar-refractivity contribution in [2.24, 2.45) is 5.92 Å². The van der Waals surface area contributed by atoms with Crippen molar-refractivity contribution in [3.8, 4) is 0 Å². The number of hydrogen-bond acceptors (Lipinski definition) is 5. The highest BCUT2D eigenvalue weighted by Crippen LogP contribution is 2.21. The number of nitrogens with one attached hydrogen (secondary N) is 1. The minimum absolute atomic E-state index is 0.553. The van der Waals surface area contributed by atoms with Gasteiger partial charge < -0.3 is 9.84 Å². The molecule has 0 unspecified atom stereocenters. The van der Waals surface area contributed by atoms with E-state index in [-0.39, 0.29) is 0 Å². The maximum Gasteiger partial charge on any atom is 0.342 e. The topological polar surface area (TPSA) is 110 Å². The Morgan fingerprint density at radius 2 is 1.91 bits per heavy atom. The molecule has 0 spiro atoms. The van der Waals surface area contributed by atoms with Crippen molar-refractivity contribution < 1.29 is 32.2 Å². The normalized spacial score (nSPS) is 13.0. The fraction of sp³-hybridized carbons (Fsp3) is 0.385. The summed E-state index contributed by atoms with van der Waals surface area (Å²) in [5, 5.41) is 9.04. The predicted molar refractivity (Wildman–Crippen MR) is 74.3 cm³/mol. The third-order valence-electron chi connectivity index (χ3n) is 2.87. The van der Waals surface area contributed by atoms with Crippen LogP contribution in [0.4, 0.5) is 4.39 Å². The van der Waals surface area contributed by atoms with Gasteiger partial charge in [0.25, 0.3) is 0 Å². The van der Waals surface area contributed by atoms with E-state index in [0.717, 1.165) is 25.3 Å². The molecule has 122 valence electrons. The predicted octanol–water partition coefficient (Wildman–Crippen LogP) is 1.000. The molecular weight excluding hydrogens is 317 g/mol. The molecule has 0 aliphatic carbocycles. The molecule has 0 saturated carbocycles. The lowest BCUT2D eigenvalue weighted by Crippen LogP contribution is -2.44. The Morgan fingerprint density at radius 1 is 1.32 bits per heavy atom. The molecule has 0 aliphatic rings. The van der Waals surface area contributed by atoms with Crippen LogP contribution in [0.15, 0.2) is 23.1 Å². The SMILES string of the molecule is COC(=O)c1c(F)cccc1S(=O)(=O)N[C@H](C(=O)O)C(C)C. The van der Waals surface area contributed by atoms with Gasteiger partial charge in [0.05, 0.1) is 12.0 Å². The Hall–Kier alpha value is -2.00. The van der Waals surface area contributed by atoms with E-state index < -0.39 is 50.2 Å². The number of halogens is 1. The number of methoxy groups -OCH3 is 1. The Bertz CT molecular complexity index is 686. The summed E-state index contributed by atoms with van der Waals surface area (Å²) in [6.45, 7) is 3.02. The lowest BCUT2D eigenvalue weighted by molar-refractivity contribution is -0.140. The Labute approximate surface area is 127 Å². The number of carbonyl (C=O) groups is 2. The maximum absolute atomic E-state index is 13.8. The summed E-state index contributed by atoms with van der Waals surface area (Å²) in [5.74, 6) is -4.18. The van der Waals surface area contributed by atoms with Crippen molar-refractivity contribution >= 4 is 22.0 Å². The highest BCUT2D eigenvalue weighted by Gasteiger charge is 2.32. The molecule has 7 nitrogen and oxygen atoms in total. The fourth-order valence-electron chi connectivity index (χ4n) is 1.73. The van der Waals surface area contributed by atoms with Crippen molar-refractivity contribution in [2.45, 2.75) is 24.8 Å². The third-order valence-corrected chi connectivity index (χ3v) is 4.35. The van der Waals surface area contributed by atoms with Crippen LogP contribution in [0, 0.1) is 11.7 Å². The largest absolute Gasteiger partial charge is 0.480 e. The summed E-state index contributed by atoms with van der Waals surface area (Å²) >= 11 is 0. The van der Waals surface area contributed by atoms with Gasteiger partial charge in [-0.1, -0.05) is 19.9 Å². The smallest absolute Gasteiger partial charge is 0.342 e. The number of benzene rings is 1. The molecule has 1 atom stereocenters. The van der Waals surface area contributed by atoms with Crippen LogP contribution in [-0.4, -0.2) is 38.6 Å². The number of carboxylic acids is 1. The standard InChI is InChI=1S/C13H16FNO6S/c1-7(2)11(12(16)17)15-22(19,20)9-6-4-5-8(14)10(9)13(18)21-3/h4-7,11,15H,1-3H3,(H,16,17)/t11-/m0/s1. The van der Waals surface area contributed by atoms with Gasteiger partial charge in [0.15, 0.2) is 0 Å².